The molecule has 3 aromatic rings. The number of H-pyrrole nitrogens is 1. The van der Waals surface area contributed by atoms with Gasteiger partial charge in [0.1, 0.15) is 17.2 Å². The second-order valence-electron chi connectivity index (χ2n) is 5.34. The Morgan fingerprint density at radius 1 is 1.12 bits per heavy atom. The minimum atomic E-state index is -0.247. The molecule has 0 aliphatic heterocycles. The number of carbonyl (C=O) groups is 1. The molecule has 1 aromatic heterocycles. The fourth-order valence-corrected chi connectivity index (χ4v) is 2.80. The second kappa shape index (κ2) is 6.45. The molecule has 1 heterocycles. The van der Waals surface area contributed by atoms with Crippen molar-refractivity contribution in [3.63, 3.8) is 0 Å². The average molecular weight is 345 g/mol. The number of rotatable bonds is 4. The van der Waals surface area contributed by atoms with Crippen LogP contribution in [0.25, 0.3) is 10.9 Å². The van der Waals surface area contributed by atoms with Gasteiger partial charge in [-0.05, 0) is 36.8 Å². The van der Waals surface area contributed by atoms with E-state index in [4.69, 9.17) is 21.1 Å². The van der Waals surface area contributed by atoms with Crippen molar-refractivity contribution in [1.29, 1.82) is 0 Å². The summed E-state index contributed by atoms with van der Waals surface area (Å²) in [4.78, 5) is 15.8. The van der Waals surface area contributed by atoms with Crippen molar-refractivity contribution in [3.05, 3.63) is 52.7 Å². The molecule has 0 fully saturated rings. The summed E-state index contributed by atoms with van der Waals surface area (Å²) in [5.41, 5.74) is 2.75. The van der Waals surface area contributed by atoms with Crippen LogP contribution in [-0.4, -0.2) is 25.1 Å². The van der Waals surface area contributed by atoms with Gasteiger partial charge in [0.25, 0.3) is 5.91 Å². The van der Waals surface area contributed by atoms with Gasteiger partial charge in [0.2, 0.25) is 0 Å². The smallest absolute Gasteiger partial charge is 0.272 e. The van der Waals surface area contributed by atoms with Crippen LogP contribution in [0, 0.1) is 6.92 Å². The predicted molar refractivity (Wildman–Crippen MR) is 95.5 cm³/mol. The van der Waals surface area contributed by atoms with Crippen molar-refractivity contribution in [2.24, 2.45) is 0 Å². The largest absolute Gasteiger partial charge is 0.497 e. The van der Waals surface area contributed by atoms with Gasteiger partial charge in [0, 0.05) is 22.0 Å². The third kappa shape index (κ3) is 2.90. The quantitative estimate of drug-likeness (QED) is 0.737. The zero-order chi connectivity index (χ0) is 17.3. The number of carbonyl (C=O) groups excluding carboxylic acids is 1. The molecule has 24 heavy (non-hydrogen) atoms. The summed E-state index contributed by atoms with van der Waals surface area (Å²) in [6.07, 6.45) is 0. The third-order valence-electron chi connectivity index (χ3n) is 3.90. The number of hydrogen-bond acceptors (Lipinski definition) is 3. The average Bonchev–Trinajstić information content (AvgIpc) is 2.91. The summed E-state index contributed by atoms with van der Waals surface area (Å²) >= 11 is 6.01. The maximum absolute atomic E-state index is 12.6. The molecule has 2 aromatic carbocycles. The molecule has 2 N–H and O–H groups in total. The number of aromatic amines is 1. The molecule has 0 bridgehead atoms. The number of methoxy groups -OCH3 is 2. The first-order chi connectivity index (χ1) is 11.5. The van der Waals surface area contributed by atoms with Gasteiger partial charge in [-0.25, -0.2) is 0 Å². The molecule has 6 heteroatoms. The molecule has 124 valence electrons. The molecule has 0 saturated carbocycles. The van der Waals surface area contributed by atoms with Crippen LogP contribution in [0.2, 0.25) is 5.02 Å². The standard InChI is InChI=1S/C18H17ClN2O3/c1-10-13-6-4-11(19)8-15(13)20-17(10)18(22)21-14-7-5-12(23-2)9-16(14)24-3/h4-9,20H,1-3H3,(H,21,22). The van der Waals surface area contributed by atoms with Gasteiger partial charge in [-0.3, -0.25) is 4.79 Å². The topological polar surface area (TPSA) is 63.3 Å². The Morgan fingerprint density at radius 3 is 2.62 bits per heavy atom. The molecule has 0 aliphatic carbocycles. The van der Waals surface area contributed by atoms with Crippen molar-refractivity contribution in [3.8, 4) is 11.5 Å². The highest BCUT2D eigenvalue weighted by Gasteiger charge is 2.17. The number of ether oxygens (including phenoxy) is 2. The number of fused-ring (bicyclic) bond motifs is 1. The van der Waals surface area contributed by atoms with Crippen LogP contribution in [0.15, 0.2) is 36.4 Å². The van der Waals surface area contributed by atoms with Crippen molar-refractivity contribution in [2.45, 2.75) is 6.92 Å². The van der Waals surface area contributed by atoms with Crippen LogP contribution in [0.1, 0.15) is 16.1 Å². The fraction of sp³-hybridized carbons (Fsp3) is 0.167. The summed E-state index contributed by atoms with van der Waals surface area (Å²) in [5.74, 6) is 0.934. The van der Waals surface area contributed by atoms with Crippen molar-refractivity contribution >= 4 is 34.1 Å². The van der Waals surface area contributed by atoms with E-state index in [0.717, 1.165) is 16.5 Å². The molecule has 5 nitrogen and oxygen atoms in total. The lowest BCUT2D eigenvalue weighted by Crippen LogP contribution is -2.14. The number of nitrogens with one attached hydrogen (secondary N) is 2. The highest BCUT2D eigenvalue weighted by molar-refractivity contribution is 6.31. The second-order valence-corrected chi connectivity index (χ2v) is 5.77. The number of anilines is 1. The van der Waals surface area contributed by atoms with Crippen LogP contribution < -0.4 is 14.8 Å². The lowest BCUT2D eigenvalue weighted by Gasteiger charge is -2.11. The maximum Gasteiger partial charge on any atom is 0.272 e. The number of halogens is 1. The number of hydrogen-bond donors (Lipinski definition) is 2. The van der Waals surface area contributed by atoms with Crippen LogP contribution in [0.5, 0.6) is 11.5 Å². The first-order valence-corrected chi connectivity index (χ1v) is 7.72. The SMILES string of the molecule is COc1ccc(NC(=O)c2[nH]c3cc(Cl)ccc3c2C)c(OC)c1. The maximum atomic E-state index is 12.6. The molecule has 0 spiro atoms. The van der Waals surface area contributed by atoms with E-state index in [9.17, 15) is 4.79 Å². The van der Waals surface area contributed by atoms with Gasteiger partial charge in [0.05, 0.1) is 19.9 Å². The van der Waals surface area contributed by atoms with Gasteiger partial charge in [0.15, 0.2) is 0 Å². The van der Waals surface area contributed by atoms with Crippen molar-refractivity contribution in [2.75, 3.05) is 19.5 Å². The summed E-state index contributed by atoms with van der Waals surface area (Å²) in [6.45, 7) is 1.90. The van der Waals surface area contributed by atoms with Gasteiger partial charge in [-0.15, -0.1) is 0 Å². The monoisotopic (exact) mass is 344 g/mol. The predicted octanol–water partition coefficient (Wildman–Crippen LogP) is 4.40. The van der Waals surface area contributed by atoms with Crippen LogP contribution in [0.4, 0.5) is 5.69 Å². The van der Waals surface area contributed by atoms with Gasteiger partial charge < -0.3 is 19.8 Å². The Kier molecular flexibility index (Phi) is 4.36. The van der Waals surface area contributed by atoms with Gasteiger partial charge in [-0.1, -0.05) is 17.7 Å². The Morgan fingerprint density at radius 2 is 1.92 bits per heavy atom. The zero-order valence-electron chi connectivity index (χ0n) is 13.6. The van der Waals surface area contributed by atoms with E-state index < -0.39 is 0 Å². The Bertz CT molecular complexity index is 918. The molecular weight excluding hydrogens is 328 g/mol. The summed E-state index contributed by atoms with van der Waals surface area (Å²) in [7, 11) is 3.12. The summed E-state index contributed by atoms with van der Waals surface area (Å²) < 4.78 is 10.5. The van der Waals surface area contributed by atoms with Crippen molar-refractivity contribution < 1.29 is 14.3 Å². The number of aromatic nitrogens is 1. The van der Waals surface area contributed by atoms with Crippen molar-refractivity contribution in [1.82, 2.24) is 4.98 Å². The van der Waals surface area contributed by atoms with E-state index in [0.29, 0.717) is 27.9 Å². The van der Waals surface area contributed by atoms with Crippen LogP contribution >= 0.6 is 11.6 Å². The van der Waals surface area contributed by atoms with Crippen LogP contribution in [0.3, 0.4) is 0 Å². The van der Waals surface area contributed by atoms with E-state index >= 15 is 0 Å². The number of amides is 1. The minimum absolute atomic E-state index is 0.247. The van der Waals surface area contributed by atoms with E-state index in [-0.39, 0.29) is 5.91 Å². The van der Waals surface area contributed by atoms with Gasteiger partial charge in [-0.2, -0.15) is 0 Å². The highest BCUT2D eigenvalue weighted by atomic mass is 35.5. The van der Waals surface area contributed by atoms with E-state index in [1.165, 1.54) is 0 Å². The van der Waals surface area contributed by atoms with E-state index in [1.54, 1.807) is 44.6 Å². The Labute approximate surface area is 144 Å². The summed E-state index contributed by atoms with van der Waals surface area (Å²) in [5, 5.41) is 4.44. The normalized spacial score (nSPS) is 10.7. The first-order valence-electron chi connectivity index (χ1n) is 7.34. The molecule has 3 rings (SSSR count). The summed E-state index contributed by atoms with van der Waals surface area (Å²) in [6, 6.07) is 10.7. The fourth-order valence-electron chi connectivity index (χ4n) is 2.62. The molecule has 0 radical (unpaired) electrons. The van der Waals surface area contributed by atoms with Crippen LogP contribution in [-0.2, 0) is 0 Å². The Hall–Kier alpha value is -2.66. The number of benzene rings is 2. The van der Waals surface area contributed by atoms with Gasteiger partial charge >= 0.3 is 0 Å². The molecule has 0 saturated heterocycles. The third-order valence-corrected chi connectivity index (χ3v) is 4.14. The minimum Gasteiger partial charge on any atom is -0.497 e. The molecule has 1 amide bonds. The highest BCUT2D eigenvalue weighted by Crippen LogP contribution is 2.30. The molecular formula is C18H17ClN2O3. The zero-order valence-corrected chi connectivity index (χ0v) is 14.3. The molecule has 0 unspecified atom stereocenters. The molecule has 0 aliphatic rings. The molecule has 0 atom stereocenters. The van der Waals surface area contributed by atoms with E-state index in [2.05, 4.69) is 10.3 Å². The Balaban J connectivity index is 1.94. The first kappa shape index (κ1) is 16.2. The van der Waals surface area contributed by atoms with E-state index in [1.807, 2.05) is 13.0 Å². The number of aryl methyl sites for hydroxylation is 1. The lowest BCUT2D eigenvalue weighted by atomic mass is 10.1. The lowest BCUT2D eigenvalue weighted by molar-refractivity contribution is 0.102.